The Kier molecular flexibility index (Phi) is 5.12. The van der Waals surface area contributed by atoms with Crippen LogP contribution in [0.2, 0.25) is 0 Å². The van der Waals surface area contributed by atoms with E-state index < -0.39 is 0 Å². The number of nitrogens with one attached hydrogen (secondary N) is 1. The molecule has 1 fully saturated rings. The molecule has 0 spiro atoms. The van der Waals surface area contributed by atoms with Crippen LogP contribution < -0.4 is 11.1 Å². The maximum atomic E-state index is 5.52. The van der Waals surface area contributed by atoms with Crippen molar-refractivity contribution in [3.8, 4) is 0 Å². The molecule has 3 N–H and O–H groups in total. The van der Waals surface area contributed by atoms with Gasteiger partial charge in [-0.05, 0) is 31.2 Å². The summed E-state index contributed by atoms with van der Waals surface area (Å²) >= 11 is 1.71. The number of nitrogens with two attached hydrogens (primary N) is 1. The molecule has 1 aromatic rings. The summed E-state index contributed by atoms with van der Waals surface area (Å²) in [6.07, 6.45) is 4.73. The number of hydrogen-bond acceptors (Lipinski definition) is 5. The minimum Gasteiger partial charge on any atom is -0.385 e. The molecule has 1 aliphatic rings. The first-order chi connectivity index (χ1) is 8.78. The smallest absolute Gasteiger partial charge is 0.0941 e. The fourth-order valence-corrected chi connectivity index (χ4v) is 2.95. The van der Waals surface area contributed by atoms with E-state index in [1.807, 2.05) is 0 Å². The summed E-state index contributed by atoms with van der Waals surface area (Å²) in [5.74, 6) is 0. The van der Waals surface area contributed by atoms with Gasteiger partial charge < -0.3 is 15.8 Å². The molecular weight excluding hydrogens is 246 g/mol. The molecule has 1 aliphatic carbocycles. The molecule has 0 aromatic carbocycles. The Balaban J connectivity index is 1.68. The van der Waals surface area contributed by atoms with Crippen LogP contribution in [-0.2, 0) is 17.7 Å². The number of nitrogens with zero attached hydrogens (tertiary/aromatic N) is 1. The van der Waals surface area contributed by atoms with E-state index in [0.29, 0.717) is 12.0 Å². The molecule has 0 radical (unpaired) electrons. The van der Waals surface area contributed by atoms with Crippen molar-refractivity contribution in [2.24, 2.45) is 11.1 Å². The second-order valence-electron chi connectivity index (χ2n) is 5.12. The Morgan fingerprint density at radius 3 is 3.06 bits per heavy atom. The average molecular weight is 269 g/mol. The molecule has 5 heteroatoms. The first-order valence-corrected chi connectivity index (χ1v) is 7.49. The van der Waals surface area contributed by atoms with Crippen LogP contribution in [0.5, 0.6) is 0 Å². The highest BCUT2D eigenvalue weighted by molar-refractivity contribution is 7.09. The van der Waals surface area contributed by atoms with Crippen LogP contribution in [0.1, 0.15) is 30.0 Å². The Morgan fingerprint density at radius 1 is 1.56 bits per heavy atom. The lowest BCUT2D eigenvalue weighted by atomic mass is 10.0. The van der Waals surface area contributed by atoms with E-state index in [4.69, 9.17) is 10.5 Å². The SMILES string of the molecule is COCCC1(CNCc2csc(CCN)n2)CC1. The predicted octanol–water partition coefficient (Wildman–Crippen LogP) is 1.55. The Morgan fingerprint density at radius 2 is 2.39 bits per heavy atom. The van der Waals surface area contributed by atoms with E-state index in [9.17, 15) is 0 Å². The molecule has 18 heavy (non-hydrogen) atoms. The first kappa shape index (κ1) is 13.9. The largest absolute Gasteiger partial charge is 0.385 e. The van der Waals surface area contributed by atoms with Crippen LogP contribution in [-0.4, -0.2) is 31.8 Å². The third kappa shape index (κ3) is 4.02. The van der Waals surface area contributed by atoms with Gasteiger partial charge >= 0.3 is 0 Å². The van der Waals surface area contributed by atoms with Crippen molar-refractivity contribution >= 4 is 11.3 Å². The number of aromatic nitrogens is 1. The molecule has 0 amide bonds. The monoisotopic (exact) mass is 269 g/mol. The highest BCUT2D eigenvalue weighted by atomic mass is 32.1. The van der Waals surface area contributed by atoms with Crippen molar-refractivity contribution in [3.05, 3.63) is 16.1 Å². The van der Waals surface area contributed by atoms with Crippen LogP contribution in [0.4, 0.5) is 0 Å². The van der Waals surface area contributed by atoms with Crippen molar-refractivity contribution in [1.29, 1.82) is 0 Å². The topological polar surface area (TPSA) is 60.2 Å². The summed E-state index contributed by atoms with van der Waals surface area (Å²) in [6.45, 7) is 3.51. The fourth-order valence-electron chi connectivity index (χ4n) is 2.13. The molecule has 4 nitrogen and oxygen atoms in total. The molecule has 2 rings (SSSR count). The third-order valence-electron chi connectivity index (χ3n) is 3.56. The molecule has 102 valence electrons. The molecule has 1 heterocycles. The number of thiazole rings is 1. The fraction of sp³-hybridized carbons (Fsp3) is 0.769. The Hall–Kier alpha value is -0.490. The van der Waals surface area contributed by atoms with E-state index in [1.54, 1.807) is 18.4 Å². The van der Waals surface area contributed by atoms with Gasteiger partial charge in [0.15, 0.2) is 0 Å². The number of ether oxygens (including phenoxy) is 1. The number of hydrogen-bond donors (Lipinski definition) is 2. The van der Waals surface area contributed by atoms with Gasteiger partial charge in [0, 0.05) is 38.6 Å². The van der Waals surface area contributed by atoms with Gasteiger partial charge in [-0.15, -0.1) is 11.3 Å². The van der Waals surface area contributed by atoms with Gasteiger partial charge in [0.2, 0.25) is 0 Å². The van der Waals surface area contributed by atoms with Gasteiger partial charge in [0.25, 0.3) is 0 Å². The van der Waals surface area contributed by atoms with Gasteiger partial charge in [0.05, 0.1) is 10.7 Å². The summed E-state index contributed by atoms with van der Waals surface area (Å²) in [7, 11) is 1.78. The van der Waals surface area contributed by atoms with Crippen molar-refractivity contribution in [2.45, 2.75) is 32.2 Å². The molecule has 1 saturated carbocycles. The highest BCUT2D eigenvalue weighted by Crippen LogP contribution is 2.48. The minimum atomic E-state index is 0.506. The van der Waals surface area contributed by atoms with E-state index in [2.05, 4.69) is 15.7 Å². The number of rotatable bonds is 9. The summed E-state index contributed by atoms with van der Waals surface area (Å²) < 4.78 is 5.16. The van der Waals surface area contributed by atoms with Gasteiger partial charge in [-0.2, -0.15) is 0 Å². The first-order valence-electron chi connectivity index (χ1n) is 6.61. The van der Waals surface area contributed by atoms with E-state index in [0.717, 1.165) is 36.8 Å². The summed E-state index contributed by atoms with van der Waals surface area (Å²) in [5.41, 5.74) is 7.17. The third-order valence-corrected chi connectivity index (χ3v) is 4.51. The maximum Gasteiger partial charge on any atom is 0.0941 e. The van der Waals surface area contributed by atoms with Crippen molar-refractivity contribution < 1.29 is 4.74 Å². The zero-order valence-electron chi connectivity index (χ0n) is 11.1. The second-order valence-corrected chi connectivity index (χ2v) is 6.06. The maximum absolute atomic E-state index is 5.52. The Labute approximate surface area is 113 Å². The molecule has 0 atom stereocenters. The highest BCUT2D eigenvalue weighted by Gasteiger charge is 2.41. The van der Waals surface area contributed by atoms with E-state index in [-0.39, 0.29) is 0 Å². The Bertz CT molecular complexity index is 363. The average Bonchev–Trinajstić information content (AvgIpc) is 3.00. The molecule has 0 unspecified atom stereocenters. The lowest BCUT2D eigenvalue weighted by Crippen LogP contribution is -2.24. The summed E-state index contributed by atoms with van der Waals surface area (Å²) in [6, 6.07) is 0. The quantitative estimate of drug-likeness (QED) is 0.714. The van der Waals surface area contributed by atoms with Gasteiger partial charge in [-0.3, -0.25) is 0 Å². The predicted molar refractivity (Wildman–Crippen MR) is 74.7 cm³/mol. The standard InChI is InChI=1S/C13H23N3OS/c1-17-7-5-13(3-4-13)10-15-8-11-9-18-12(16-11)2-6-14/h9,15H,2-8,10,14H2,1H3. The van der Waals surface area contributed by atoms with Gasteiger partial charge in [-0.25, -0.2) is 4.98 Å². The van der Waals surface area contributed by atoms with E-state index >= 15 is 0 Å². The van der Waals surface area contributed by atoms with Crippen LogP contribution in [0, 0.1) is 5.41 Å². The summed E-state index contributed by atoms with van der Waals surface area (Å²) in [5, 5.41) is 6.81. The zero-order valence-corrected chi connectivity index (χ0v) is 11.9. The lowest BCUT2D eigenvalue weighted by molar-refractivity contribution is 0.171. The molecular formula is C13H23N3OS. The van der Waals surface area contributed by atoms with Gasteiger partial charge in [-0.1, -0.05) is 0 Å². The van der Waals surface area contributed by atoms with Crippen LogP contribution in [0.15, 0.2) is 5.38 Å². The number of methoxy groups -OCH3 is 1. The minimum absolute atomic E-state index is 0.506. The lowest BCUT2D eigenvalue weighted by Gasteiger charge is -2.14. The van der Waals surface area contributed by atoms with Crippen LogP contribution >= 0.6 is 11.3 Å². The second kappa shape index (κ2) is 6.61. The van der Waals surface area contributed by atoms with Gasteiger partial charge in [0.1, 0.15) is 0 Å². The summed E-state index contributed by atoms with van der Waals surface area (Å²) in [4.78, 5) is 4.55. The molecule has 0 bridgehead atoms. The zero-order chi connectivity index (χ0) is 12.8. The van der Waals surface area contributed by atoms with Crippen molar-refractivity contribution in [1.82, 2.24) is 10.3 Å². The van der Waals surface area contributed by atoms with E-state index in [1.165, 1.54) is 19.3 Å². The molecule has 0 saturated heterocycles. The molecule has 0 aliphatic heterocycles. The van der Waals surface area contributed by atoms with Crippen LogP contribution in [0.25, 0.3) is 0 Å². The van der Waals surface area contributed by atoms with Crippen molar-refractivity contribution in [3.63, 3.8) is 0 Å². The molecule has 1 aromatic heterocycles. The van der Waals surface area contributed by atoms with Crippen LogP contribution in [0.3, 0.4) is 0 Å². The van der Waals surface area contributed by atoms with Crippen molar-refractivity contribution in [2.75, 3.05) is 26.8 Å². The normalized spacial score (nSPS) is 17.0.